The lowest BCUT2D eigenvalue weighted by molar-refractivity contribution is -0.146. The van der Waals surface area contributed by atoms with Gasteiger partial charge in [0.1, 0.15) is 12.0 Å². The van der Waals surface area contributed by atoms with Crippen LogP contribution in [0, 0.1) is 5.92 Å². The lowest BCUT2D eigenvalue weighted by atomic mass is 9.97. The fourth-order valence-electron chi connectivity index (χ4n) is 2.92. The van der Waals surface area contributed by atoms with E-state index in [1.54, 1.807) is 0 Å². The van der Waals surface area contributed by atoms with Gasteiger partial charge in [0.25, 0.3) is 0 Å². The van der Waals surface area contributed by atoms with Gasteiger partial charge >= 0.3 is 5.97 Å². The third kappa shape index (κ3) is 3.84. The SMILES string of the molecule is COC(=O)C1CCN(c2ncnc(Nc3ccccc3Br)c2N)CC1. The van der Waals surface area contributed by atoms with E-state index in [4.69, 9.17) is 10.5 Å². The number of hydrogen-bond acceptors (Lipinski definition) is 7. The van der Waals surface area contributed by atoms with Crippen molar-refractivity contribution in [1.82, 2.24) is 9.97 Å². The molecule has 2 heterocycles. The molecule has 1 aliphatic heterocycles. The molecule has 132 valence electrons. The van der Waals surface area contributed by atoms with E-state index >= 15 is 0 Å². The maximum Gasteiger partial charge on any atom is 0.308 e. The van der Waals surface area contributed by atoms with Crippen LogP contribution in [0.3, 0.4) is 0 Å². The van der Waals surface area contributed by atoms with Gasteiger partial charge in [0, 0.05) is 17.6 Å². The largest absolute Gasteiger partial charge is 0.469 e. The maximum atomic E-state index is 11.7. The van der Waals surface area contributed by atoms with Gasteiger partial charge in [0.2, 0.25) is 0 Å². The average Bonchev–Trinajstić information content (AvgIpc) is 2.65. The van der Waals surface area contributed by atoms with E-state index in [-0.39, 0.29) is 11.9 Å². The highest BCUT2D eigenvalue weighted by molar-refractivity contribution is 9.10. The Kier molecular flexibility index (Phi) is 5.37. The summed E-state index contributed by atoms with van der Waals surface area (Å²) in [5.74, 6) is 1.05. The minimum Gasteiger partial charge on any atom is -0.469 e. The van der Waals surface area contributed by atoms with Crippen molar-refractivity contribution in [2.24, 2.45) is 5.92 Å². The van der Waals surface area contributed by atoms with Crippen LogP contribution in [-0.2, 0) is 9.53 Å². The number of nitrogen functional groups attached to an aromatic ring is 1. The zero-order chi connectivity index (χ0) is 17.8. The molecule has 7 nitrogen and oxygen atoms in total. The van der Waals surface area contributed by atoms with Crippen molar-refractivity contribution in [2.75, 3.05) is 36.1 Å². The van der Waals surface area contributed by atoms with Crippen molar-refractivity contribution in [3.05, 3.63) is 35.1 Å². The molecule has 25 heavy (non-hydrogen) atoms. The number of carbonyl (C=O) groups excluding carboxylic acids is 1. The van der Waals surface area contributed by atoms with Gasteiger partial charge in [-0.25, -0.2) is 9.97 Å². The number of ether oxygens (including phenoxy) is 1. The predicted octanol–water partition coefficient (Wildman–Crippen LogP) is 2.95. The molecule has 8 heteroatoms. The normalized spacial score (nSPS) is 15.0. The van der Waals surface area contributed by atoms with E-state index in [0.717, 1.165) is 23.0 Å². The minimum absolute atomic E-state index is 0.0535. The molecule has 0 atom stereocenters. The summed E-state index contributed by atoms with van der Waals surface area (Å²) in [7, 11) is 1.43. The minimum atomic E-state index is -0.147. The molecule has 0 radical (unpaired) electrons. The van der Waals surface area contributed by atoms with Gasteiger partial charge in [-0.2, -0.15) is 0 Å². The molecule has 1 fully saturated rings. The van der Waals surface area contributed by atoms with E-state index < -0.39 is 0 Å². The first-order chi connectivity index (χ1) is 12.1. The quantitative estimate of drug-likeness (QED) is 0.754. The molecule has 0 spiro atoms. The number of piperidine rings is 1. The fraction of sp³-hybridized carbons (Fsp3) is 0.353. The van der Waals surface area contributed by atoms with Crippen molar-refractivity contribution in [1.29, 1.82) is 0 Å². The van der Waals surface area contributed by atoms with Crippen molar-refractivity contribution in [3.63, 3.8) is 0 Å². The number of halogens is 1. The lowest BCUT2D eigenvalue weighted by Gasteiger charge is -2.32. The van der Waals surface area contributed by atoms with Crippen LogP contribution >= 0.6 is 15.9 Å². The second-order valence-electron chi connectivity index (χ2n) is 5.85. The number of aromatic nitrogens is 2. The van der Waals surface area contributed by atoms with Gasteiger partial charge in [-0.3, -0.25) is 4.79 Å². The van der Waals surface area contributed by atoms with Crippen LogP contribution in [-0.4, -0.2) is 36.1 Å². The molecule has 0 bridgehead atoms. The highest BCUT2D eigenvalue weighted by Crippen LogP contribution is 2.33. The molecule has 1 aromatic carbocycles. The summed E-state index contributed by atoms with van der Waals surface area (Å²) >= 11 is 3.50. The first kappa shape index (κ1) is 17.5. The average molecular weight is 406 g/mol. The van der Waals surface area contributed by atoms with Crippen LogP contribution in [0.15, 0.2) is 35.1 Å². The number of nitrogens with zero attached hydrogens (tertiary/aromatic N) is 3. The monoisotopic (exact) mass is 405 g/mol. The summed E-state index contributed by atoms with van der Waals surface area (Å²) < 4.78 is 5.75. The van der Waals surface area contributed by atoms with Crippen LogP contribution in [0.25, 0.3) is 0 Å². The Hall–Kier alpha value is -2.35. The summed E-state index contributed by atoms with van der Waals surface area (Å²) in [6.07, 6.45) is 2.95. The van der Waals surface area contributed by atoms with Crippen molar-refractivity contribution >= 4 is 44.9 Å². The van der Waals surface area contributed by atoms with Crippen LogP contribution < -0.4 is 16.0 Å². The molecular weight excluding hydrogens is 386 g/mol. The highest BCUT2D eigenvalue weighted by Gasteiger charge is 2.27. The van der Waals surface area contributed by atoms with E-state index in [0.29, 0.717) is 30.4 Å². The number of rotatable bonds is 4. The standard InChI is InChI=1S/C17H20BrN5O2/c1-25-17(24)11-6-8-23(9-7-11)16-14(19)15(20-10-21-16)22-13-5-3-2-4-12(13)18/h2-5,10-11H,6-9,19H2,1H3,(H,20,21,22). The summed E-state index contributed by atoms with van der Waals surface area (Å²) in [4.78, 5) is 22.3. The molecule has 0 amide bonds. The molecule has 3 N–H and O–H groups in total. The van der Waals surface area contributed by atoms with Crippen molar-refractivity contribution in [3.8, 4) is 0 Å². The summed E-state index contributed by atoms with van der Waals surface area (Å²) in [6, 6.07) is 7.75. The molecule has 0 unspecified atom stereocenters. The zero-order valence-corrected chi connectivity index (χ0v) is 15.5. The summed E-state index contributed by atoms with van der Waals surface area (Å²) in [5.41, 5.74) is 7.67. The zero-order valence-electron chi connectivity index (χ0n) is 13.9. The number of carbonyl (C=O) groups is 1. The molecule has 1 saturated heterocycles. The molecule has 1 aromatic heterocycles. The van der Waals surface area contributed by atoms with E-state index in [1.165, 1.54) is 13.4 Å². The van der Waals surface area contributed by atoms with Gasteiger partial charge in [-0.1, -0.05) is 12.1 Å². The predicted molar refractivity (Wildman–Crippen MR) is 101 cm³/mol. The van der Waals surface area contributed by atoms with E-state index in [2.05, 4.69) is 36.1 Å². The number of hydrogen-bond donors (Lipinski definition) is 2. The highest BCUT2D eigenvalue weighted by atomic mass is 79.9. The van der Waals surface area contributed by atoms with Crippen LogP contribution in [0.4, 0.5) is 23.0 Å². The molecule has 0 aliphatic carbocycles. The number of methoxy groups -OCH3 is 1. The smallest absolute Gasteiger partial charge is 0.308 e. The van der Waals surface area contributed by atoms with Crippen LogP contribution in [0.2, 0.25) is 0 Å². The summed E-state index contributed by atoms with van der Waals surface area (Å²) in [6.45, 7) is 1.41. The van der Waals surface area contributed by atoms with Gasteiger partial charge in [-0.05, 0) is 40.9 Å². The first-order valence-electron chi connectivity index (χ1n) is 8.05. The number of nitrogens with two attached hydrogens (primary N) is 1. The molecular formula is C17H20BrN5O2. The van der Waals surface area contributed by atoms with Crippen LogP contribution in [0.5, 0.6) is 0 Å². The van der Waals surface area contributed by atoms with Crippen molar-refractivity contribution < 1.29 is 9.53 Å². The van der Waals surface area contributed by atoms with Crippen molar-refractivity contribution in [2.45, 2.75) is 12.8 Å². The third-order valence-corrected chi connectivity index (χ3v) is 5.01. The Balaban J connectivity index is 1.76. The second kappa shape index (κ2) is 7.69. The Morgan fingerprint density at radius 3 is 2.72 bits per heavy atom. The number of esters is 1. The van der Waals surface area contributed by atoms with E-state index in [9.17, 15) is 4.79 Å². The Labute approximate surface area is 154 Å². The third-order valence-electron chi connectivity index (χ3n) is 4.32. The number of anilines is 4. The topological polar surface area (TPSA) is 93.4 Å². The number of nitrogens with one attached hydrogen (secondary N) is 1. The van der Waals surface area contributed by atoms with Crippen LogP contribution in [0.1, 0.15) is 12.8 Å². The number of benzene rings is 1. The summed E-state index contributed by atoms with van der Waals surface area (Å²) in [5, 5.41) is 3.23. The maximum absolute atomic E-state index is 11.7. The van der Waals surface area contributed by atoms with Gasteiger partial charge in [-0.15, -0.1) is 0 Å². The van der Waals surface area contributed by atoms with Gasteiger partial charge < -0.3 is 20.7 Å². The second-order valence-corrected chi connectivity index (χ2v) is 6.70. The number of para-hydroxylation sites is 1. The van der Waals surface area contributed by atoms with E-state index in [1.807, 2.05) is 24.3 Å². The molecule has 0 saturated carbocycles. The fourth-order valence-corrected chi connectivity index (χ4v) is 3.31. The first-order valence-corrected chi connectivity index (χ1v) is 8.84. The Morgan fingerprint density at radius 2 is 2.04 bits per heavy atom. The van der Waals surface area contributed by atoms with Gasteiger partial charge in [0.05, 0.1) is 18.7 Å². The lowest BCUT2D eigenvalue weighted by Crippen LogP contribution is -2.37. The molecule has 2 aromatic rings. The molecule has 1 aliphatic rings. The van der Waals surface area contributed by atoms with Gasteiger partial charge in [0.15, 0.2) is 11.6 Å². The molecule has 3 rings (SSSR count). The Bertz CT molecular complexity index is 762. The Morgan fingerprint density at radius 1 is 1.32 bits per heavy atom.